The number of hydrogen-bond acceptors (Lipinski definition) is 5. The molecular weight excluding hydrogens is 320 g/mol. The van der Waals surface area contributed by atoms with Crippen LogP contribution in [0.25, 0.3) is 0 Å². The third-order valence-corrected chi connectivity index (χ3v) is 5.47. The van der Waals surface area contributed by atoms with Gasteiger partial charge in [0.2, 0.25) is 11.8 Å². The van der Waals surface area contributed by atoms with Gasteiger partial charge >= 0.3 is 0 Å². The van der Waals surface area contributed by atoms with Gasteiger partial charge in [0.1, 0.15) is 12.2 Å². The first-order valence-electron chi connectivity index (χ1n) is 9.36. The molecule has 0 bridgehead atoms. The summed E-state index contributed by atoms with van der Waals surface area (Å²) < 4.78 is 0. The molecule has 7 nitrogen and oxygen atoms in total. The summed E-state index contributed by atoms with van der Waals surface area (Å²) in [6.07, 6.45) is 5.49. The predicted molar refractivity (Wildman–Crippen MR) is 96.5 cm³/mol. The number of aliphatic hydroxyl groups is 2. The number of carbonyl (C=O) groups is 1. The lowest BCUT2D eigenvalue weighted by Gasteiger charge is -2.36. The van der Waals surface area contributed by atoms with Gasteiger partial charge in [-0.3, -0.25) is 10.1 Å². The smallest absolute Gasteiger partial charge is 0.240 e. The van der Waals surface area contributed by atoms with E-state index in [1.807, 2.05) is 0 Å². The summed E-state index contributed by atoms with van der Waals surface area (Å²) in [7, 11) is 0. The number of aliphatic imine (C=N–C) groups is 1. The van der Waals surface area contributed by atoms with Crippen molar-refractivity contribution in [3.05, 3.63) is 11.6 Å². The Kier molecular flexibility index (Phi) is 5.76. The molecule has 0 aromatic rings. The quantitative estimate of drug-likeness (QED) is 0.480. The maximum absolute atomic E-state index is 12.7. The van der Waals surface area contributed by atoms with Crippen LogP contribution in [0.2, 0.25) is 0 Å². The van der Waals surface area contributed by atoms with Crippen LogP contribution in [0.15, 0.2) is 16.6 Å². The summed E-state index contributed by atoms with van der Waals surface area (Å²) in [4.78, 5) is 16.8. The Morgan fingerprint density at radius 3 is 2.92 bits per heavy atom. The third kappa shape index (κ3) is 4.40. The topological polar surface area (TPSA) is 106 Å². The summed E-state index contributed by atoms with van der Waals surface area (Å²) in [5.41, 5.74) is 1.25. The number of hydrogen-bond donors (Lipinski definition) is 5. The molecular formula is C18H30N4O3. The molecule has 2 aliphatic heterocycles. The summed E-state index contributed by atoms with van der Waals surface area (Å²) in [5, 5.41) is 29.7. The van der Waals surface area contributed by atoms with E-state index >= 15 is 0 Å². The molecule has 2 heterocycles. The number of rotatable bonds is 3. The Hall–Kier alpha value is -1.44. The van der Waals surface area contributed by atoms with Crippen LogP contribution in [-0.2, 0) is 4.79 Å². The van der Waals surface area contributed by atoms with Crippen molar-refractivity contribution in [1.82, 2.24) is 16.0 Å². The van der Waals surface area contributed by atoms with E-state index in [4.69, 9.17) is 0 Å². The van der Waals surface area contributed by atoms with E-state index in [0.717, 1.165) is 32.2 Å². The summed E-state index contributed by atoms with van der Waals surface area (Å²) in [6, 6.07) is -0.856. The van der Waals surface area contributed by atoms with E-state index in [0.29, 0.717) is 5.92 Å². The molecule has 6 atom stereocenters. The summed E-state index contributed by atoms with van der Waals surface area (Å²) in [5.74, 6) is -0.0422. The molecule has 3 rings (SSSR count). The Morgan fingerprint density at radius 2 is 2.20 bits per heavy atom. The lowest BCUT2D eigenvalue weighted by atomic mass is 9.87. The molecule has 0 aromatic carbocycles. The lowest BCUT2D eigenvalue weighted by Crippen LogP contribution is -2.64. The Labute approximate surface area is 149 Å². The number of carbonyl (C=O) groups excluding carboxylic acids is 1. The van der Waals surface area contributed by atoms with Gasteiger partial charge in [-0.05, 0) is 38.6 Å². The molecule has 25 heavy (non-hydrogen) atoms. The predicted octanol–water partition coefficient (Wildman–Crippen LogP) is 0.605. The zero-order valence-corrected chi connectivity index (χ0v) is 15.0. The van der Waals surface area contributed by atoms with E-state index in [9.17, 15) is 15.0 Å². The van der Waals surface area contributed by atoms with Crippen LogP contribution in [0.5, 0.6) is 0 Å². The molecule has 140 valence electrons. The van der Waals surface area contributed by atoms with Crippen molar-refractivity contribution in [2.45, 2.75) is 76.3 Å². The van der Waals surface area contributed by atoms with Gasteiger partial charge in [0.25, 0.3) is 0 Å². The van der Waals surface area contributed by atoms with Crippen molar-refractivity contribution in [2.75, 3.05) is 6.54 Å². The Balaban J connectivity index is 1.67. The first-order chi connectivity index (χ1) is 11.9. The highest BCUT2D eigenvalue weighted by Gasteiger charge is 2.39. The molecule has 6 unspecified atom stereocenters. The largest absolute Gasteiger partial charge is 0.495 e. The fourth-order valence-corrected chi connectivity index (χ4v) is 4.03. The van der Waals surface area contributed by atoms with Crippen LogP contribution < -0.4 is 16.0 Å². The van der Waals surface area contributed by atoms with Gasteiger partial charge in [-0.2, -0.15) is 0 Å². The van der Waals surface area contributed by atoms with Crippen LogP contribution in [0.1, 0.15) is 46.0 Å². The van der Waals surface area contributed by atoms with Gasteiger partial charge in [-0.15, -0.1) is 0 Å². The van der Waals surface area contributed by atoms with Crippen LogP contribution in [-0.4, -0.2) is 59.0 Å². The number of nitrogens with one attached hydrogen (secondary N) is 3. The summed E-state index contributed by atoms with van der Waals surface area (Å²) >= 11 is 0. The van der Waals surface area contributed by atoms with E-state index in [2.05, 4.69) is 40.9 Å². The highest BCUT2D eigenvalue weighted by atomic mass is 16.3. The van der Waals surface area contributed by atoms with Gasteiger partial charge in [0.15, 0.2) is 6.10 Å². The molecule has 0 spiro atoms. The number of amides is 1. The lowest BCUT2D eigenvalue weighted by molar-refractivity contribution is -0.126. The third-order valence-electron chi connectivity index (χ3n) is 5.47. The fourth-order valence-electron chi connectivity index (χ4n) is 4.03. The van der Waals surface area contributed by atoms with Crippen LogP contribution in [0, 0.1) is 5.92 Å². The normalized spacial score (nSPS) is 39.3. The van der Waals surface area contributed by atoms with E-state index < -0.39 is 18.3 Å². The Morgan fingerprint density at radius 1 is 1.40 bits per heavy atom. The molecule has 7 heteroatoms. The van der Waals surface area contributed by atoms with Crippen LogP contribution in [0.4, 0.5) is 0 Å². The van der Waals surface area contributed by atoms with Crippen molar-refractivity contribution in [1.29, 1.82) is 0 Å². The highest BCUT2D eigenvalue weighted by molar-refractivity contribution is 5.92. The van der Waals surface area contributed by atoms with Crippen molar-refractivity contribution in [3.63, 3.8) is 0 Å². The molecule has 1 amide bonds. The second-order valence-corrected chi connectivity index (χ2v) is 7.74. The highest BCUT2D eigenvalue weighted by Crippen LogP contribution is 2.24. The van der Waals surface area contributed by atoms with E-state index in [1.165, 1.54) is 12.0 Å². The maximum atomic E-state index is 12.7. The van der Waals surface area contributed by atoms with Gasteiger partial charge in [-0.1, -0.05) is 31.4 Å². The average molecular weight is 350 g/mol. The van der Waals surface area contributed by atoms with Crippen LogP contribution in [0.3, 0.4) is 0 Å². The van der Waals surface area contributed by atoms with E-state index in [1.54, 1.807) is 0 Å². The van der Waals surface area contributed by atoms with Crippen LogP contribution >= 0.6 is 0 Å². The average Bonchev–Trinajstić information content (AvgIpc) is 2.57. The Bertz CT molecular complexity index is 563. The van der Waals surface area contributed by atoms with E-state index in [-0.39, 0.29) is 23.9 Å². The van der Waals surface area contributed by atoms with Crippen molar-refractivity contribution < 1.29 is 15.0 Å². The number of nitrogens with zero attached hydrogens (tertiary/aromatic N) is 1. The van der Waals surface area contributed by atoms with Crippen molar-refractivity contribution >= 4 is 11.8 Å². The second kappa shape index (κ2) is 7.85. The molecule has 1 saturated carbocycles. The van der Waals surface area contributed by atoms with Gasteiger partial charge < -0.3 is 20.8 Å². The zero-order valence-electron chi connectivity index (χ0n) is 15.0. The van der Waals surface area contributed by atoms with Crippen molar-refractivity contribution in [2.24, 2.45) is 10.9 Å². The van der Waals surface area contributed by atoms with Gasteiger partial charge in [0.05, 0.1) is 6.04 Å². The second-order valence-electron chi connectivity index (χ2n) is 7.74. The molecule has 3 aliphatic rings. The number of aliphatic hydroxyl groups excluding tert-OH is 2. The molecule has 0 saturated heterocycles. The summed E-state index contributed by atoms with van der Waals surface area (Å²) in [6.45, 7) is 5.09. The first-order valence-corrected chi connectivity index (χ1v) is 9.36. The monoisotopic (exact) mass is 350 g/mol. The van der Waals surface area contributed by atoms with Gasteiger partial charge in [-0.25, -0.2) is 4.99 Å². The molecule has 5 N–H and O–H groups in total. The molecule has 0 radical (unpaired) electrons. The minimum Gasteiger partial charge on any atom is -0.495 e. The molecule has 1 fully saturated rings. The minimum absolute atomic E-state index is 0.103. The fraction of sp³-hybridized carbons (Fsp3) is 0.778. The standard InChI is InChI=1S/C18H30N4O3/c1-10-4-3-5-12(8-10)20-17(24)14-15(23)18(25)22-16(21-14)13-9-11(2)6-7-19-13/h9-10,12-16,19,21,23H,3-8H2,1-2H3,(H,20,24)(H,22,25). The maximum Gasteiger partial charge on any atom is 0.240 e. The minimum atomic E-state index is -1.31. The van der Waals surface area contributed by atoms with Gasteiger partial charge in [0, 0.05) is 6.04 Å². The first kappa shape index (κ1) is 18.4. The SMILES string of the molecule is CC1=CC(C2N=C(O)C(O)C(C(=O)NC3CCCC(C)C3)N2)NCC1. The van der Waals surface area contributed by atoms with Crippen molar-refractivity contribution in [3.8, 4) is 0 Å². The molecule has 0 aromatic heterocycles. The zero-order chi connectivity index (χ0) is 18.0. The molecule has 1 aliphatic carbocycles.